The van der Waals surface area contributed by atoms with E-state index in [0.29, 0.717) is 13.0 Å². The number of esters is 1. The van der Waals surface area contributed by atoms with Gasteiger partial charge in [-0.25, -0.2) is 0 Å². The molecule has 0 spiro atoms. The van der Waals surface area contributed by atoms with Gasteiger partial charge in [0.1, 0.15) is 10.6 Å². The summed E-state index contributed by atoms with van der Waals surface area (Å²) < 4.78 is 5.10. The van der Waals surface area contributed by atoms with E-state index >= 15 is 0 Å². The third-order valence-electron chi connectivity index (χ3n) is 2.35. The topological polar surface area (TPSA) is 46.5 Å². The molecule has 0 aliphatic carbocycles. The molecular weight excluding hydrogens is 284 g/mol. The van der Waals surface area contributed by atoms with Crippen LogP contribution in [0.2, 0.25) is 0 Å². The Balaban J connectivity index is 2.40. The molecule has 0 radical (unpaired) electrons. The number of carbonyl (C=O) groups excluding carboxylic acids is 1. The number of phenolic OH excluding ortho intramolecular Hbond substituents is 1. The van der Waals surface area contributed by atoms with E-state index in [0.717, 1.165) is 18.4 Å². The summed E-state index contributed by atoms with van der Waals surface area (Å²) in [6.07, 6.45) is 2.47. The summed E-state index contributed by atoms with van der Waals surface area (Å²) in [5.74, 6) is -0.00285. The van der Waals surface area contributed by atoms with Crippen molar-refractivity contribution in [2.75, 3.05) is 6.61 Å². The van der Waals surface area contributed by atoms with Gasteiger partial charge in [-0.1, -0.05) is 41.4 Å². The zero-order valence-corrected chi connectivity index (χ0v) is 11.4. The molecule has 1 N–H and O–H groups in total. The van der Waals surface area contributed by atoms with Gasteiger partial charge in [-0.05, 0) is 30.5 Å². The molecule has 0 aliphatic rings. The summed E-state index contributed by atoms with van der Waals surface area (Å²) in [5.41, 5.74) is 0.983. The summed E-state index contributed by atoms with van der Waals surface area (Å²) in [6, 6.07) is 6.81. The smallest absolute Gasteiger partial charge is 0.320 e. The van der Waals surface area contributed by atoms with Gasteiger partial charge in [-0.15, -0.1) is 0 Å². The van der Waals surface area contributed by atoms with Gasteiger partial charge in [0.15, 0.2) is 0 Å². The Bertz CT molecular complexity index is 348. The lowest BCUT2D eigenvalue weighted by atomic mass is 10.1. The van der Waals surface area contributed by atoms with Crippen LogP contribution in [0.4, 0.5) is 0 Å². The lowest BCUT2D eigenvalue weighted by Crippen LogP contribution is -2.20. The molecule has 0 aromatic heterocycles. The number of halogens is 1. The molecule has 0 amide bonds. The molecular formula is C13H17BrO3. The number of rotatable bonds is 6. The number of carbonyl (C=O) groups is 1. The Morgan fingerprint density at radius 1 is 1.41 bits per heavy atom. The predicted octanol–water partition coefficient (Wildman–Crippen LogP) is 3.04. The van der Waals surface area contributed by atoms with E-state index in [1.807, 2.05) is 0 Å². The fourth-order valence-corrected chi connectivity index (χ4v) is 1.84. The quantitative estimate of drug-likeness (QED) is 0.499. The maximum Gasteiger partial charge on any atom is 0.320 e. The van der Waals surface area contributed by atoms with Crippen LogP contribution in [0.25, 0.3) is 0 Å². The molecule has 17 heavy (non-hydrogen) atoms. The van der Waals surface area contributed by atoms with Crippen molar-refractivity contribution in [1.29, 1.82) is 0 Å². The number of aromatic hydroxyl groups is 1. The Morgan fingerprint density at radius 3 is 2.65 bits per heavy atom. The van der Waals surface area contributed by atoms with Gasteiger partial charge in [0.25, 0.3) is 0 Å². The minimum Gasteiger partial charge on any atom is -0.508 e. The zero-order chi connectivity index (χ0) is 12.7. The monoisotopic (exact) mass is 300 g/mol. The Hall–Kier alpha value is -1.03. The molecule has 1 unspecified atom stereocenters. The summed E-state index contributed by atoms with van der Waals surface area (Å²) >= 11 is 3.31. The van der Waals surface area contributed by atoms with Crippen molar-refractivity contribution in [2.45, 2.75) is 31.0 Å². The van der Waals surface area contributed by atoms with Gasteiger partial charge in [-0.2, -0.15) is 0 Å². The molecule has 1 atom stereocenters. The van der Waals surface area contributed by atoms with Crippen molar-refractivity contribution < 1.29 is 14.6 Å². The molecule has 0 saturated carbocycles. The third kappa shape index (κ3) is 5.22. The largest absolute Gasteiger partial charge is 0.508 e. The van der Waals surface area contributed by atoms with Crippen molar-refractivity contribution in [3.63, 3.8) is 0 Å². The van der Waals surface area contributed by atoms with Gasteiger partial charge >= 0.3 is 5.97 Å². The van der Waals surface area contributed by atoms with Crippen LogP contribution in [0.15, 0.2) is 24.3 Å². The maximum atomic E-state index is 11.6. The van der Waals surface area contributed by atoms with Gasteiger partial charge in [0.2, 0.25) is 0 Å². The molecule has 0 aliphatic heterocycles. The average molecular weight is 301 g/mol. The number of alkyl halides is 1. The maximum absolute atomic E-state index is 11.6. The predicted molar refractivity (Wildman–Crippen MR) is 70.4 cm³/mol. The van der Waals surface area contributed by atoms with Crippen molar-refractivity contribution in [1.82, 2.24) is 0 Å². The Kier molecular flexibility index (Phi) is 6.05. The van der Waals surface area contributed by atoms with E-state index in [1.165, 1.54) is 0 Å². The molecule has 0 bridgehead atoms. The van der Waals surface area contributed by atoms with Crippen molar-refractivity contribution in [2.24, 2.45) is 0 Å². The van der Waals surface area contributed by atoms with E-state index in [2.05, 4.69) is 22.9 Å². The normalized spacial score (nSPS) is 12.1. The first-order valence-corrected chi connectivity index (χ1v) is 6.63. The first-order chi connectivity index (χ1) is 8.13. The van der Waals surface area contributed by atoms with Crippen LogP contribution in [0.3, 0.4) is 0 Å². The van der Waals surface area contributed by atoms with Crippen LogP contribution in [0.1, 0.15) is 25.3 Å². The number of unbranched alkanes of at least 4 members (excludes halogenated alkanes) is 1. The summed E-state index contributed by atoms with van der Waals surface area (Å²) in [6.45, 7) is 2.53. The number of benzene rings is 1. The molecule has 4 heteroatoms. The fraction of sp³-hybridized carbons (Fsp3) is 0.462. The molecule has 1 rings (SSSR count). The van der Waals surface area contributed by atoms with E-state index in [4.69, 9.17) is 9.84 Å². The summed E-state index contributed by atoms with van der Waals surface area (Å²) in [4.78, 5) is 11.2. The second-order valence-electron chi connectivity index (χ2n) is 3.86. The highest BCUT2D eigenvalue weighted by Crippen LogP contribution is 2.15. The standard InChI is InChI=1S/C13H17BrO3/c1-2-3-8-17-13(16)12(14)9-10-4-6-11(15)7-5-10/h4-7,12,15H,2-3,8-9H2,1H3. The number of hydrogen-bond acceptors (Lipinski definition) is 3. The first-order valence-electron chi connectivity index (χ1n) is 5.72. The Morgan fingerprint density at radius 2 is 2.06 bits per heavy atom. The zero-order valence-electron chi connectivity index (χ0n) is 9.86. The molecule has 1 aromatic carbocycles. The highest BCUT2D eigenvalue weighted by molar-refractivity contribution is 9.10. The van der Waals surface area contributed by atoms with Crippen LogP contribution >= 0.6 is 15.9 Å². The van der Waals surface area contributed by atoms with Gasteiger partial charge < -0.3 is 9.84 Å². The number of phenols is 1. The number of hydrogen-bond donors (Lipinski definition) is 1. The van der Waals surface area contributed by atoms with E-state index in [1.54, 1.807) is 24.3 Å². The third-order valence-corrected chi connectivity index (χ3v) is 3.05. The highest BCUT2D eigenvalue weighted by Gasteiger charge is 2.16. The SMILES string of the molecule is CCCCOC(=O)C(Br)Cc1ccc(O)cc1. The lowest BCUT2D eigenvalue weighted by molar-refractivity contribution is -0.142. The average Bonchev–Trinajstić information content (AvgIpc) is 2.32. The Labute approximate surface area is 110 Å². The van der Waals surface area contributed by atoms with Crippen LogP contribution in [-0.4, -0.2) is 22.5 Å². The molecule has 0 heterocycles. The molecule has 0 saturated heterocycles. The molecule has 1 aromatic rings. The summed E-state index contributed by atoms with van der Waals surface area (Å²) in [7, 11) is 0. The van der Waals surface area contributed by atoms with E-state index in [9.17, 15) is 4.79 Å². The molecule has 0 fully saturated rings. The second kappa shape index (κ2) is 7.33. The van der Waals surface area contributed by atoms with Crippen LogP contribution < -0.4 is 0 Å². The van der Waals surface area contributed by atoms with Crippen LogP contribution in [0.5, 0.6) is 5.75 Å². The number of ether oxygens (including phenoxy) is 1. The molecule has 3 nitrogen and oxygen atoms in total. The second-order valence-corrected chi connectivity index (χ2v) is 4.96. The highest BCUT2D eigenvalue weighted by atomic mass is 79.9. The fourth-order valence-electron chi connectivity index (χ4n) is 1.33. The molecule has 94 valence electrons. The summed E-state index contributed by atoms with van der Waals surface area (Å²) in [5, 5.41) is 9.14. The van der Waals surface area contributed by atoms with Gasteiger partial charge in [0.05, 0.1) is 6.61 Å². The lowest BCUT2D eigenvalue weighted by Gasteiger charge is -2.10. The van der Waals surface area contributed by atoms with Crippen LogP contribution in [0, 0.1) is 0 Å². The minimum atomic E-state index is -0.330. The first kappa shape index (κ1) is 14.0. The van der Waals surface area contributed by atoms with E-state index in [-0.39, 0.29) is 16.5 Å². The van der Waals surface area contributed by atoms with E-state index < -0.39 is 0 Å². The van der Waals surface area contributed by atoms with Crippen molar-refractivity contribution >= 4 is 21.9 Å². The van der Waals surface area contributed by atoms with Gasteiger partial charge in [0, 0.05) is 0 Å². The van der Waals surface area contributed by atoms with Gasteiger partial charge in [-0.3, -0.25) is 4.79 Å². The van der Waals surface area contributed by atoms with Crippen LogP contribution in [-0.2, 0) is 16.0 Å². The van der Waals surface area contributed by atoms with Crippen molar-refractivity contribution in [3.8, 4) is 5.75 Å². The van der Waals surface area contributed by atoms with Crippen molar-refractivity contribution in [3.05, 3.63) is 29.8 Å². The minimum absolute atomic E-state index is 0.227.